The van der Waals surface area contributed by atoms with Gasteiger partial charge in [-0.05, 0) is 73.6 Å². The van der Waals surface area contributed by atoms with Gasteiger partial charge in [0.1, 0.15) is 0 Å². The molecule has 0 unspecified atom stereocenters. The minimum absolute atomic E-state index is 0.0832. The predicted molar refractivity (Wildman–Crippen MR) is 153 cm³/mol. The highest BCUT2D eigenvalue weighted by Gasteiger charge is 2.36. The second-order valence-electron chi connectivity index (χ2n) is 9.82. The van der Waals surface area contributed by atoms with Gasteiger partial charge in [-0.25, -0.2) is 0 Å². The van der Waals surface area contributed by atoms with Crippen LogP contribution in [0, 0.1) is 0 Å². The molecule has 1 heterocycles. The highest BCUT2D eigenvalue weighted by molar-refractivity contribution is 6.25. The molecule has 0 amide bonds. The lowest BCUT2D eigenvalue weighted by molar-refractivity contribution is 0.596. The fourth-order valence-electron chi connectivity index (χ4n) is 5.72. The number of benzene rings is 5. The van der Waals surface area contributed by atoms with E-state index in [1.165, 1.54) is 61.1 Å². The van der Waals surface area contributed by atoms with Gasteiger partial charge in [0, 0.05) is 17.6 Å². The quantitative estimate of drug-likeness (QED) is 0.249. The van der Waals surface area contributed by atoms with Crippen molar-refractivity contribution in [3.8, 4) is 11.1 Å². The summed E-state index contributed by atoms with van der Waals surface area (Å²) in [6, 6.07) is 31.5. The third-order valence-corrected chi connectivity index (χ3v) is 7.37. The molecule has 1 aliphatic carbocycles. The molecule has 5 aromatic carbocycles. The molecule has 7 rings (SSSR count). The molecule has 1 atom stereocenters. The first-order valence-corrected chi connectivity index (χ1v) is 12.8. The SMILES string of the molecule is C1=CC[C@@]2(C=C1)CNc1ccc(-c3ccc4c5ccccc5c5ccccc5c4c3)cc12.CCC. The van der Waals surface area contributed by atoms with E-state index in [1.54, 1.807) is 0 Å². The summed E-state index contributed by atoms with van der Waals surface area (Å²) in [5.74, 6) is 0. The van der Waals surface area contributed by atoms with E-state index in [-0.39, 0.29) is 5.41 Å². The molecular weight excluding hydrogens is 422 g/mol. The van der Waals surface area contributed by atoms with E-state index in [1.807, 2.05) is 0 Å². The van der Waals surface area contributed by atoms with Crippen LogP contribution in [0.5, 0.6) is 0 Å². The van der Waals surface area contributed by atoms with Crippen molar-refractivity contribution in [1.29, 1.82) is 0 Å². The smallest absolute Gasteiger partial charge is 0.0383 e. The number of nitrogens with one attached hydrogen (secondary N) is 1. The van der Waals surface area contributed by atoms with E-state index in [9.17, 15) is 0 Å². The van der Waals surface area contributed by atoms with Crippen LogP contribution in [-0.4, -0.2) is 6.54 Å². The van der Waals surface area contributed by atoms with Crippen molar-refractivity contribution >= 4 is 38.0 Å². The largest absolute Gasteiger partial charge is 0.384 e. The Labute approximate surface area is 207 Å². The standard InChI is InChI=1S/C31H23N.C3H8/c1-6-16-31(17-7-1)20-32-30-15-13-22(19-29(30)31)21-12-14-27-25-10-3-2-8-23(25)24-9-4-5-11-26(24)28(27)18-21;1-3-2/h1-16,18-19,32H,17,20H2;3H2,1-2H3/t31-;/m0./s1. The van der Waals surface area contributed by atoms with Crippen molar-refractivity contribution < 1.29 is 0 Å². The van der Waals surface area contributed by atoms with Crippen LogP contribution in [0.2, 0.25) is 0 Å². The van der Waals surface area contributed by atoms with Crippen molar-refractivity contribution in [1.82, 2.24) is 0 Å². The van der Waals surface area contributed by atoms with Gasteiger partial charge < -0.3 is 5.32 Å². The Morgan fingerprint density at radius 2 is 1.23 bits per heavy atom. The minimum atomic E-state index is 0.0832. The topological polar surface area (TPSA) is 12.0 Å². The molecule has 0 radical (unpaired) electrons. The maximum absolute atomic E-state index is 3.63. The highest BCUT2D eigenvalue weighted by Crippen LogP contribution is 2.44. The van der Waals surface area contributed by atoms with Gasteiger partial charge in [0.15, 0.2) is 0 Å². The third kappa shape index (κ3) is 3.54. The zero-order chi connectivity index (χ0) is 23.8. The fourth-order valence-corrected chi connectivity index (χ4v) is 5.72. The van der Waals surface area contributed by atoms with Crippen molar-refractivity contribution in [3.63, 3.8) is 0 Å². The Kier molecular flexibility index (Phi) is 5.41. The van der Waals surface area contributed by atoms with E-state index < -0.39 is 0 Å². The summed E-state index contributed by atoms with van der Waals surface area (Å²) < 4.78 is 0. The number of fused-ring (bicyclic) bond motifs is 8. The fraction of sp³-hybridized carbons (Fsp3) is 0.176. The van der Waals surface area contributed by atoms with Gasteiger partial charge in [0.05, 0.1) is 0 Å². The first kappa shape index (κ1) is 21.7. The van der Waals surface area contributed by atoms with Crippen LogP contribution in [0.25, 0.3) is 43.4 Å². The van der Waals surface area contributed by atoms with E-state index in [0.29, 0.717) is 0 Å². The average Bonchev–Trinajstić information content (AvgIpc) is 3.26. The van der Waals surface area contributed by atoms with Crippen LogP contribution in [0.15, 0.2) is 109 Å². The van der Waals surface area contributed by atoms with Gasteiger partial charge in [-0.3, -0.25) is 0 Å². The molecule has 0 saturated heterocycles. The van der Waals surface area contributed by atoms with Gasteiger partial charge in [0.2, 0.25) is 0 Å². The molecule has 1 heteroatoms. The molecule has 0 fully saturated rings. The van der Waals surface area contributed by atoms with Crippen molar-refractivity contribution in [2.75, 3.05) is 11.9 Å². The van der Waals surface area contributed by atoms with Crippen molar-refractivity contribution in [3.05, 3.63) is 115 Å². The summed E-state index contributed by atoms with van der Waals surface area (Å²) >= 11 is 0. The highest BCUT2D eigenvalue weighted by atomic mass is 14.9. The van der Waals surface area contributed by atoms with Gasteiger partial charge in [-0.1, -0.05) is 111 Å². The summed E-state index contributed by atoms with van der Waals surface area (Å²) in [6.07, 6.45) is 11.3. The molecule has 1 nitrogen and oxygen atoms in total. The molecule has 172 valence electrons. The summed E-state index contributed by atoms with van der Waals surface area (Å²) in [7, 11) is 0. The summed E-state index contributed by atoms with van der Waals surface area (Å²) in [5.41, 5.74) is 5.33. The van der Waals surface area contributed by atoms with Gasteiger partial charge in [-0.15, -0.1) is 0 Å². The Morgan fingerprint density at radius 3 is 1.86 bits per heavy atom. The summed E-state index contributed by atoms with van der Waals surface area (Å²) in [6.45, 7) is 5.22. The zero-order valence-corrected chi connectivity index (χ0v) is 20.5. The van der Waals surface area contributed by atoms with Crippen LogP contribution in [0.4, 0.5) is 5.69 Å². The van der Waals surface area contributed by atoms with Crippen LogP contribution in [0.1, 0.15) is 32.3 Å². The molecule has 1 spiro atoms. The Bertz CT molecular complexity index is 1590. The second kappa shape index (κ2) is 8.74. The number of hydrogen-bond donors (Lipinski definition) is 1. The second-order valence-corrected chi connectivity index (χ2v) is 9.82. The molecule has 0 saturated carbocycles. The van der Waals surface area contributed by atoms with Crippen LogP contribution < -0.4 is 5.32 Å². The van der Waals surface area contributed by atoms with Crippen molar-refractivity contribution in [2.45, 2.75) is 32.1 Å². The lowest BCUT2D eigenvalue weighted by Crippen LogP contribution is -2.26. The molecule has 0 bridgehead atoms. The van der Waals surface area contributed by atoms with Gasteiger partial charge in [-0.2, -0.15) is 0 Å². The predicted octanol–water partition coefficient (Wildman–Crippen LogP) is 9.41. The van der Waals surface area contributed by atoms with E-state index in [0.717, 1.165) is 13.0 Å². The molecule has 1 N–H and O–H groups in total. The van der Waals surface area contributed by atoms with E-state index in [4.69, 9.17) is 0 Å². The lowest BCUT2D eigenvalue weighted by Gasteiger charge is -2.26. The van der Waals surface area contributed by atoms with E-state index in [2.05, 4.69) is 128 Å². The molecular formula is C34H31N. The Hall–Kier alpha value is -3.84. The Morgan fingerprint density at radius 1 is 0.657 bits per heavy atom. The average molecular weight is 454 g/mol. The summed E-state index contributed by atoms with van der Waals surface area (Å²) in [4.78, 5) is 0. The molecule has 2 aliphatic rings. The molecule has 5 aromatic rings. The molecule has 0 aromatic heterocycles. The monoisotopic (exact) mass is 453 g/mol. The number of rotatable bonds is 1. The normalized spacial score (nSPS) is 18.0. The molecule has 1 aliphatic heterocycles. The Balaban J connectivity index is 0.000000727. The lowest BCUT2D eigenvalue weighted by atomic mass is 9.76. The number of anilines is 1. The van der Waals surface area contributed by atoms with Gasteiger partial charge >= 0.3 is 0 Å². The molecule has 35 heavy (non-hydrogen) atoms. The first-order valence-electron chi connectivity index (χ1n) is 12.8. The maximum atomic E-state index is 3.63. The first-order chi connectivity index (χ1) is 17.2. The van der Waals surface area contributed by atoms with Gasteiger partial charge in [0.25, 0.3) is 0 Å². The van der Waals surface area contributed by atoms with Crippen LogP contribution in [0.3, 0.4) is 0 Å². The zero-order valence-electron chi connectivity index (χ0n) is 20.5. The third-order valence-electron chi connectivity index (χ3n) is 7.37. The van der Waals surface area contributed by atoms with Crippen LogP contribution >= 0.6 is 0 Å². The maximum Gasteiger partial charge on any atom is 0.0383 e. The van der Waals surface area contributed by atoms with E-state index >= 15 is 0 Å². The van der Waals surface area contributed by atoms with Crippen LogP contribution in [-0.2, 0) is 5.41 Å². The summed E-state index contributed by atoms with van der Waals surface area (Å²) in [5, 5.41) is 11.6. The van der Waals surface area contributed by atoms with Crippen molar-refractivity contribution in [2.24, 2.45) is 0 Å². The number of allylic oxidation sites excluding steroid dienone is 3. The minimum Gasteiger partial charge on any atom is -0.384 e. The number of hydrogen-bond acceptors (Lipinski definition) is 1.